The van der Waals surface area contributed by atoms with Gasteiger partial charge in [0.25, 0.3) is 0 Å². The van der Waals surface area contributed by atoms with Crippen molar-refractivity contribution in [2.75, 3.05) is 22.5 Å². The molecule has 2 heterocycles. The van der Waals surface area contributed by atoms with Crippen molar-refractivity contribution in [1.29, 1.82) is 0 Å². The third-order valence-electron chi connectivity index (χ3n) is 4.03. The number of hydrogen-bond acceptors (Lipinski definition) is 4. The lowest BCUT2D eigenvalue weighted by atomic mass is 10.2. The smallest absolute Gasteiger partial charge is 0.244 e. The Bertz CT molecular complexity index is 938. The van der Waals surface area contributed by atoms with Crippen LogP contribution in [0.2, 0.25) is 0 Å². The molecule has 0 radical (unpaired) electrons. The van der Waals surface area contributed by atoms with Gasteiger partial charge in [0.1, 0.15) is 6.54 Å². The Morgan fingerprint density at radius 1 is 1.12 bits per heavy atom. The highest BCUT2D eigenvalue weighted by Gasteiger charge is 2.26. The number of fused-ring (bicyclic) bond motifs is 1. The summed E-state index contributed by atoms with van der Waals surface area (Å²) in [6, 6.07) is 16.9. The van der Waals surface area contributed by atoms with E-state index in [1.165, 1.54) is 11.8 Å². The van der Waals surface area contributed by atoms with E-state index >= 15 is 0 Å². The number of rotatable bonds is 4. The molecule has 6 nitrogen and oxygen atoms in total. The molecule has 1 aliphatic rings. The van der Waals surface area contributed by atoms with Crippen LogP contribution in [0.25, 0.3) is 5.69 Å². The molecular weight excluding hydrogens is 348 g/mol. The quantitative estimate of drug-likeness (QED) is 0.773. The zero-order valence-electron chi connectivity index (χ0n) is 13.8. The number of anilines is 2. The van der Waals surface area contributed by atoms with Gasteiger partial charge in [-0.15, -0.1) is 11.8 Å². The van der Waals surface area contributed by atoms with E-state index in [0.717, 1.165) is 16.3 Å². The van der Waals surface area contributed by atoms with Crippen LogP contribution in [0.1, 0.15) is 0 Å². The standard InChI is InChI=1S/C19H16N4O2S/c24-18(12-22-16-4-1-2-5-17(16)26-13-19(22)25)21-14-6-8-15(9-7-14)23-11-3-10-20-23/h1-11H,12-13H2,(H,21,24). The Morgan fingerprint density at radius 3 is 2.69 bits per heavy atom. The lowest BCUT2D eigenvalue weighted by Gasteiger charge is -2.28. The molecule has 0 saturated carbocycles. The van der Waals surface area contributed by atoms with Gasteiger partial charge in [-0.05, 0) is 42.5 Å². The van der Waals surface area contributed by atoms with Crippen LogP contribution < -0.4 is 10.2 Å². The monoisotopic (exact) mass is 364 g/mol. The fraction of sp³-hybridized carbons (Fsp3) is 0.105. The van der Waals surface area contributed by atoms with Gasteiger partial charge >= 0.3 is 0 Å². The predicted molar refractivity (Wildman–Crippen MR) is 102 cm³/mol. The number of amides is 2. The van der Waals surface area contributed by atoms with Crippen LogP contribution in [0.15, 0.2) is 71.9 Å². The Balaban J connectivity index is 1.45. The third-order valence-corrected chi connectivity index (χ3v) is 5.08. The number of nitrogens with one attached hydrogen (secondary N) is 1. The molecule has 1 aromatic heterocycles. The minimum absolute atomic E-state index is 0.00266. The first kappa shape index (κ1) is 16.4. The van der Waals surface area contributed by atoms with Gasteiger partial charge < -0.3 is 10.2 Å². The van der Waals surface area contributed by atoms with Crippen LogP contribution in [0.3, 0.4) is 0 Å². The first-order valence-corrected chi connectivity index (χ1v) is 9.11. The van der Waals surface area contributed by atoms with Crippen molar-refractivity contribution in [3.63, 3.8) is 0 Å². The van der Waals surface area contributed by atoms with E-state index in [9.17, 15) is 9.59 Å². The molecule has 1 N–H and O–H groups in total. The molecule has 1 aliphatic heterocycles. The average Bonchev–Trinajstić information content (AvgIpc) is 3.19. The van der Waals surface area contributed by atoms with Crippen molar-refractivity contribution in [2.45, 2.75) is 4.90 Å². The fourth-order valence-corrected chi connectivity index (χ4v) is 3.73. The van der Waals surface area contributed by atoms with E-state index in [-0.39, 0.29) is 18.4 Å². The van der Waals surface area contributed by atoms with Crippen LogP contribution in [0.4, 0.5) is 11.4 Å². The molecule has 0 fully saturated rings. The maximum absolute atomic E-state index is 12.4. The van der Waals surface area contributed by atoms with Crippen molar-refractivity contribution in [3.8, 4) is 5.69 Å². The van der Waals surface area contributed by atoms with E-state index in [2.05, 4.69) is 10.4 Å². The summed E-state index contributed by atoms with van der Waals surface area (Å²) in [5.41, 5.74) is 2.38. The van der Waals surface area contributed by atoms with Crippen LogP contribution >= 0.6 is 11.8 Å². The van der Waals surface area contributed by atoms with E-state index in [1.807, 2.05) is 60.8 Å². The molecule has 2 amide bonds. The fourth-order valence-electron chi connectivity index (χ4n) is 2.79. The number of aromatic nitrogens is 2. The summed E-state index contributed by atoms with van der Waals surface area (Å²) in [5.74, 6) is 0.0628. The number of para-hydroxylation sites is 1. The lowest BCUT2D eigenvalue weighted by molar-refractivity contribution is -0.120. The topological polar surface area (TPSA) is 67.2 Å². The second-order valence-corrected chi connectivity index (χ2v) is 6.80. The molecule has 7 heteroatoms. The van der Waals surface area contributed by atoms with E-state index < -0.39 is 0 Å². The molecule has 3 aromatic rings. The zero-order valence-corrected chi connectivity index (χ0v) is 14.6. The number of nitrogens with zero attached hydrogens (tertiary/aromatic N) is 3. The highest BCUT2D eigenvalue weighted by molar-refractivity contribution is 8.00. The van der Waals surface area contributed by atoms with Gasteiger partial charge in [0.15, 0.2) is 0 Å². The van der Waals surface area contributed by atoms with Crippen molar-refractivity contribution >= 4 is 35.0 Å². The van der Waals surface area contributed by atoms with Gasteiger partial charge in [0, 0.05) is 23.0 Å². The molecular formula is C19H16N4O2S. The number of carbonyl (C=O) groups is 2. The molecule has 0 spiro atoms. The molecule has 0 atom stereocenters. The van der Waals surface area contributed by atoms with Gasteiger partial charge in [-0.3, -0.25) is 9.59 Å². The highest BCUT2D eigenvalue weighted by Crippen LogP contribution is 2.34. The van der Waals surface area contributed by atoms with Crippen molar-refractivity contribution in [2.24, 2.45) is 0 Å². The van der Waals surface area contributed by atoms with Gasteiger partial charge in [-0.2, -0.15) is 5.10 Å². The summed E-state index contributed by atoms with van der Waals surface area (Å²) in [4.78, 5) is 27.2. The van der Waals surface area contributed by atoms with Crippen molar-refractivity contribution < 1.29 is 9.59 Å². The molecule has 26 heavy (non-hydrogen) atoms. The molecule has 4 rings (SSSR count). The molecule has 0 aliphatic carbocycles. The van der Waals surface area contributed by atoms with E-state index in [0.29, 0.717) is 11.4 Å². The molecule has 130 valence electrons. The number of benzene rings is 2. The first-order chi connectivity index (χ1) is 12.7. The summed E-state index contributed by atoms with van der Waals surface area (Å²) < 4.78 is 1.74. The number of hydrogen-bond donors (Lipinski definition) is 1. The number of carbonyl (C=O) groups excluding carboxylic acids is 2. The first-order valence-electron chi connectivity index (χ1n) is 8.13. The molecule has 0 unspecified atom stereocenters. The second kappa shape index (κ2) is 7.05. The second-order valence-electron chi connectivity index (χ2n) is 5.78. The summed E-state index contributed by atoms with van der Waals surface area (Å²) in [5, 5.41) is 7.01. The van der Waals surface area contributed by atoms with Gasteiger partial charge in [0.2, 0.25) is 11.8 Å². The summed E-state index contributed by atoms with van der Waals surface area (Å²) in [6.45, 7) is -0.00266. The van der Waals surface area contributed by atoms with Crippen LogP contribution in [-0.2, 0) is 9.59 Å². The van der Waals surface area contributed by atoms with Gasteiger partial charge in [0.05, 0.1) is 17.1 Å². The molecule has 2 aromatic carbocycles. The number of thioether (sulfide) groups is 1. The largest absolute Gasteiger partial charge is 0.325 e. The van der Waals surface area contributed by atoms with Crippen molar-refractivity contribution in [3.05, 3.63) is 67.0 Å². The Kier molecular flexibility index (Phi) is 4.45. The Hall–Kier alpha value is -3.06. The van der Waals surface area contributed by atoms with E-state index in [1.54, 1.807) is 15.8 Å². The minimum atomic E-state index is -0.230. The molecule has 0 bridgehead atoms. The summed E-state index contributed by atoms with van der Waals surface area (Å²) in [6.07, 6.45) is 3.56. The van der Waals surface area contributed by atoms with Gasteiger partial charge in [-0.25, -0.2) is 4.68 Å². The van der Waals surface area contributed by atoms with Crippen LogP contribution in [0, 0.1) is 0 Å². The van der Waals surface area contributed by atoms with E-state index in [4.69, 9.17) is 0 Å². The van der Waals surface area contributed by atoms with Crippen LogP contribution in [-0.4, -0.2) is 33.9 Å². The highest BCUT2D eigenvalue weighted by atomic mass is 32.2. The van der Waals surface area contributed by atoms with Crippen molar-refractivity contribution in [1.82, 2.24) is 9.78 Å². The average molecular weight is 364 g/mol. The normalized spacial score (nSPS) is 13.4. The maximum atomic E-state index is 12.4. The minimum Gasteiger partial charge on any atom is -0.325 e. The maximum Gasteiger partial charge on any atom is 0.244 e. The summed E-state index contributed by atoms with van der Waals surface area (Å²) in [7, 11) is 0. The van der Waals surface area contributed by atoms with Gasteiger partial charge in [-0.1, -0.05) is 12.1 Å². The third kappa shape index (κ3) is 3.34. The Labute approximate surface area is 154 Å². The SMILES string of the molecule is O=C(CN1C(=O)CSc2ccccc21)Nc1ccc(-n2cccn2)cc1. The zero-order chi connectivity index (χ0) is 17.9. The summed E-state index contributed by atoms with van der Waals surface area (Å²) >= 11 is 1.50. The lowest BCUT2D eigenvalue weighted by Crippen LogP contribution is -2.41. The Morgan fingerprint density at radius 2 is 1.92 bits per heavy atom. The van der Waals surface area contributed by atoms with Crippen LogP contribution in [0.5, 0.6) is 0 Å². The predicted octanol–water partition coefficient (Wildman–Crippen LogP) is 2.95. The molecule has 0 saturated heterocycles.